The van der Waals surface area contributed by atoms with Gasteiger partial charge in [0.05, 0.1) is 11.3 Å². The fourth-order valence-corrected chi connectivity index (χ4v) is 4.86. The average Bonchev–Trinajstić information content (AvgIpc) is 2.93. The van der Waals surface area contributed by atoms with E-state index in [2.05, 4.69) is 17.9 Å². The SMILES string of the molecule is Cc1ccc(C2=C(N3CCCC(C)C3)C(=O)N(c3ccc(Cl)cc3C)C2=O)c(C)c1. The first-order valence-corrected chi connectivity index (χ1v) is 10.9. The van der Waals surface area contributed by atoms with E-state index in [9.17, 15) is 9.59 Å². The van der Waals surface area contributed by atoms with Crippen molar-refractivity contribution in [3.63, 3.8) is 0 Å². The van der Waals surface area contributed by atoms with Crippen LogP contribution in [-0.4, -0.2) is 29.8 Å². The summed E-state index contributed by atoms with van der Waals surface area (Å²) in [7, 11) is 0. The van der Waals surface area contributed by atoms with Crippen LogP contribution in [0.25, 0.3) is 5.57 Å². The number of anilines is 1. The van der Waals surface area contributed by atoms with Crippen molar-refractivity contribution < 1.29 is 9.59 Å². The number of nitrogens with zero attached hydrogens (tertiary/aromatic N) is 2. The average molecular weight is 423 g/mol. The molecule has 0 aliphatic carbocycles. The molecule has 0 aromatic heterocycles. The molecule has 2 aromatic rings. The summed E-state index contributed by atoms with van der Waals surface area (Å²) < 4.78 is 0. The Morgan fingerprint density at radius 2 is 1.73 bits per heavy atom. The number of halogens is 1. The highest BCUT2D eigenvalue weighted by molar-refractivity contribution is 6.45. The number of hydrogen-bond acceptors (Lipinski definition) is 3. The first kappa shape index (κ1) is 20.7. The standard InChI is InChI=1S/C25H27ClN2O2/c1-15-7-9-20(17(3)12-15)22-23(27-11-5-6-16(2)14-27)25(30)28(24(22)29)21-10-8-19(26)13-18(21)4/h7-10,12-13,16H,5-6,11,14H2,1-4H3. The van der Waals surface area contributed by atoms with Crippen molar-refractivity contribution in [3.8, 4) is 0 Å². The van der Waals surface area contributed by atoms with Crippen LogP contribution in [0.15, 0.2) is 42.1 Å². The second kappa shape index (κ2) is 7.92. The molecule has 1 atom stereocenters. The van der Waals surface area contributed by atoms with Gasteiger partial charge in [-0.2, -0.15) is 0 Å². The van der Waals surface area contributed by atoms with Gasteiger partial charge in [-0.25, -0.2) is 4.90 Å². The van der Waals surface area contributed by atoms with Crippen LogP contribution in [0.5, 0.6) is 0 Å². The number of amides is 2. The van der Waals surface area contributed by atoms with Crippen molar-refractivity contribution >= 4 is 34.7 Å². The largest absolute Gasteiger partial charge is 0.366 e. The second-order valence-corrected chi connectivity index (χ2v) is 9.05. The predicted molar refractivity (Wildman–Crippen MR) is 121 cm³/mol. The number of carbonyl (C=O) groups excluding carboxylic acids is 2. The van der Waals surface area contributed by atoms with Crippen molar-refractivity contribution in [2.75, 3.05) is 18.0 Å². The summed E-state index contributed by atoms with van der Waals surface area (Å²) in [6.07, 6.45) is 2.16. The third-order valence-corrected chi connectivity index (χ3v) is 6.32. The Balaban J connectivity index is 1.88. The fourth-order valence-electron chi connectivity index (χ4n) is 4.63. The molecule has 5 heteroatoms. The van der Waals surface area contributed by atoms with Crippen molar-refractivity contribution in [1.82, 2.24) is 4.90 Å². The zero-order chi connectivity index (χ0) is 21.6. The zero-order valence-electron chi connectivity index (χ0n) is 18.0. The normalized spacial score (nSPS) is 19.8. The topological polar surface area (TPSA) is 40.6 Å². The van der Waals surface area contributed by atoms with Crippen LogP contribution in [0.3, 0.4) is 0 Å². The van der Waals surface area contributed by atoms with Gasteiger partial charge in [-0.05, 0) is 74.4 Å². The first-order valence-electron chi connectivity index (χ1n) is 10.5. The van der Waals surface area contributed by atoms with Crippen LogP contribution in [0.1, 0.15) is 42.0 Å². The van der Waals surface area contributed by atoms with E-state index in [1.165, 1.54) is 4.90 Å². The molecule has 0 radical (unpaired) electrons. The summed E-state index contributed by atoms with van der Waals surface area (Å²) in [5.74, 6) is -0.0130. The van der Waals surface area contributed by atoms with Gasteiger partial charge in [-0.15, -0.1) is 0 Å². The van der Waals surface area contributed by atoms with Gasteiger partial charge in [0.1, 0.15) is 5.70 Å². The zero-order valence-corrected chi connectivity index (χ0v) is 18.7. The molecule has 4 rings (SSSR count). The minimum Gasteiger partial charge on any atom is -0.366 e. The third kappa shape index (κ3) is 3.54. The Kier molecular flexibility index (Phi) is 5.46. The number of piperidine rings is 1. The maximum absolute atomic E-state index is 13.7. The molecule has 1 unspecified atom stereocenters. The predicted octanol–water partition coefficient (Wildman–Crippen LogP) is 5.28. The van der Waals surface area contributed by atoms with Gasteiger partial charge >= 0.3 is 0 Å². The first-order chi connectivity index (χ1) is 14.3. The number of rotatable bonds is 3. The van der Waals surface area contributed by atoms with Gasteiger partial charge in [0.15, 0.2) is 0 Å². The summed E-state index contributed by atoms with van der Waals surface area (Å²) >= 11 is 6.12. The van der Waals surface area contributed by atoms with Crippen LogP contribution in [0.2, 0.25) is 5.02 Å². The maximum Gasteiger partial charge on any atom is 0.282 e. The Hall–Kier alpha value is -2.59. The lowest BCUT2D eigenvalue weighted by atomic mass is 9.95. The molecule has 2 amide bonds. The smallest absolute Gasteiger partial charge is 0.282 e. The lowest BCUT2D eigenvalue weighted by Crippen LogP contribution is -2.39. The monoisotopic (exact) mass is 422 g/mol. The van der Waals surface area contributed by atoms with Crippen molar-refractivity contribution in [1.29, 1.82) is 0 Å². The van der Waals surface area contributed by atoms with E-state index in [0.29, 0.717) is 27.9 Å². The number of carbonyl (C=O) groups is 2. The van der Waals surface area contributed by atoms with Gasteiger partial charge in [0, 0.05) is 18.1 Å². The van der Waals surface area contributed by atoms with E-state index in [1.54, 1.807) is 18.2 Å². The minimum absolute atomic E-state index is 0.241. The lowest BCUT2D eigenvalue weighted by molar-refractivity contribution is -0.120. The van der Waals surface area contributed by atoms with Gasteiger partial charge < -0.3 is 4.90 Å². The highest BCUT2D eigenvalue weighted by Crippen LogP contribution is 2.39. The molecule has 0 bridgehead atoms. The fraction of sp³-hybridized carbons (Fsp3) is 0.360. The number of benzene rings is 2. The van der Waals surface area contributed by atoms with Crippen LogP contribution < -0.4 is 4.90 Å². The van der Waals surface area contributed by atoms with Gasteiger partial charge in [0.25, 0.3) is 11.8 Å². The summed E-state index contributed by atoms with van der Waals surface area (Å²) in [6, 6.07) is 11.3. The van der Waals surface area contributed by atoms with Gasteiger partial charge in [-0.1, -0.05) is 42.3 Å². The molecule has 0 N–H and O–H groups in total. The van der Waals surface area contributed by atoms with E-state index in [1.807, 2.05) is 32.9 Å². The highest BCUT2D eigenvalue weighted by Gasteiger charge is 2.43. The van der Waals surface area contributed by atoms with Crippen molar-refractivity contribution in [3.05, 3.63) is 69.4 Å². The molecular weight excluding hydrogens is 396 g/mol. The molecule has 156 valence electrons. The quantitative estimate of drug-likeness (QED) is 0.631. The second-order valence-electron chi connectivity index (χ2n) is 8.61. The Bertz CT molecular complexity index is 1070. The molecule has 2 aliphatic rings. The van der Waals surface area contributed by atoms with E-state index in [4.69, 9.17) is 11.6 Å². The molecular formula is C25H27ClN2O2. The van der Waals surface area contributed by atoms with Crippen LogP contribution >= 0.6 is 11.6 Å². The van der Waals surface area contributed by atoms with Crippen molar-refractivity contribution in [2.45, 2.75) is 40.5 Å². The summed E-state index contributed by atoms with van der Waals surface area (Å²) in [4.78, 5) is 30.9. The molecule has 2 aromatic carbocycles. The Labute approximate surface area is 183 Å². The van der Waals surface area contributed by atoms with Crippen LogP contribution in [0.4, 0.5) is 5.69 Å². The summed E-state index contributed by atoms with van der Waals surface area (Å²) in [5.41, 5.74) is 5.42. The highest BCUT2D eigenvalue weighted by atomic mass is 35.5. The Morgan fingerprint density at radius 3 is 2.40 bits per heavy atom. The van der Waals surface area contributed by atoms with Gasteiger partial charge in [0.2, 0.25) is 0 Å². The lowest BCUT2D eigenvalue weighted by Gasteiger charge is -2.33. The molecule has 0 saturated carbocycles. The summed E-state index contributed by atoms with van der Waals surface area (Å²) in [5, 5.41) is 0.586. The van der Waals surface area contributed by atoms with Crippen LogP contribution in [0, 0.1) is 26.7 Å². The Morgan fingerprint density at radius 1 is 0.967 bits per heavy atom. The number of imide groups is 1. The number of aryl methyl sites for hydroxylation is 3. The molecule has 1 fully saturated rings. The van der Waals surface area contributed by atoms with Crippen molar-refractivity contribution in [2.24, 2.45) is 5.92 Å². The molecule has 4 nitrogen and oxygen atoms in total. The molecule has 2 heterocycles. The molecule has 1 saturated heterocycles. The van der Waals surface area contributed by atoms with Crippen LogP contribution in [-0.2, 0) is 9.59 Å². The minimum atomic E-state index is -0.259. The third-order valence-electron chi connectivity index (χ3n) is 6.08. The van der Waals surface area contributed by atoms with E-state index in [0.717, 1.165) is 48.2 Å². The number of likely N-dealkylation sites (tertiary alicyclic amines) is 1. The van der Waals surface area contributed by atoms with Gasteiger partial charge in [-0.3, -0.25) is 9.59 Å². The van der Waals surface area contributed by atoms with E-state index < -0.39 is 0 Å². The molecule has 0 spiro atoms. The maximum atomic E-state index is 13.7. The van der Waals surface area contributed by atoms with E-state index >= 15 is 0 Å². The molecule has 2 aliphatic heterocycles. The summed E-state index contributed by atoms with van der Waals surface area (Å²) in [6.45, 7) is 9.69. The van der Waals surface area contributed by atoms with E-state index in [-0.39, 0.29) is 11.8 Å². The number of hydrogen-bond donors (Lipinski definition) is 0. The molecule has 30 heavy (non-hydrogen) atoms.